The molecule has 2 rings (SSSR count). The van der Waals surface area contributed by atoms with Gasteiger partial charge in [-0.1, -0.05) is 18.7 Å². The van der Waals surface area contributed by atoms with Gasteiger partial charge in [-0.25, -0.2) is 4.79 Å². The monoisotopic (exact) mass is 339 g/mol. The zero-order chi connectivity index (χ0) is 18.6. The number of carbonyl (C=O) groups is 1. The van der Waals surface area contributed by atoms with Crippen molar-refractivity contribution in [2.24, 2.45) is 0 Å². The van der Waals surface area contributed by atoms with Gasteiger partial charge in [0.25, 0.3) is 0 Å². The van der Waals surface area contributed by atoms with Crippen LogP contribution in [0.4, 0.5) is 5.69 Å². The Morgan fingerprint density at radius 2 is 2.00 bits per heavy atom. The van der Waals surface area contributed by atoms with Crippen molar-refractivity contribution in [1.29, 1.82) is 5.26 Å². The van der Waals surface area contributed by atoms with Gasteiger partial charge < -0.3 is 15.3 Å². The number of anilines is 1. The summed E-state index contributed by atoms with van der Waals surface area (Å²) in [6.45, 7) is 11.2. The molecule has 0 aromatic heterocycles. The van der Waals surface area contributed by atoms with Crippen LogP contribution < -0.4 is 5.32 Å². The predicted octanol–water partition coefficient (Wildman–Crippen LogP) is 3.86. The molecule has 1 aromatic rings. The van der Waals surface area contributed by atoms with Crippen molar-refractivity contribution in [2.45, 2.75) is 39.7 Å². The minimum atomic E-state index is -0.900. The summed E-state index contributed by atoms with van der Waals surface area (Å²) in [6, 6.07) is 6.05. The van der Waals surface area contributed by atoms with Gasteiger partial charge in [0.2, 0.25) is 0 Å². The van der Waals surface area contributed by atoms with E-state index in [4.69, 9.17) is 5.26 Å². The van der Waals surface area contributed by atoms with Gasteiger partial charge >= 0.3 is 5.97 Å². The molecule has 1 heterocycles. The van der Waals surface area contributed by atoms with E-state index in [1.54, 1.807) is 6.07 Å². The Morgan fingerprint density at radius 1 is 1.36 bits per heavy atom. The SMILES string of the molecule is C=C(C#N)/C(=C\C)N1CCC(Nc2cc(C(=O)O)c(C)cc2C)CC1. The van der Waals surface area contributed by atoms with Crippen molar-refractivity contribution in [1.82, 2.24) is 4.90 Å². The number of carboxylic acid groups (broad SMARTS) is 1. The third kappa shape index (κ3) is 4.21. The van der Waals surface area contributed by atoms with Crippen LogP contribution in [0.25, 0.3) is 0 Å². The Bertz CT molecular complexity index is 751. The van der Waals surface area contributed by atoms with E-state index < -0.39 is 5.97 Å². The summed E-state index contributed by atoms with van der Waals surface area (Å²) >= 11 is 0. The van der Waals surface area contributed by atoms with E-state index in [2.05, 4.69) is 22.9 Å². The largest absolute Gasteiger partial charge is 0.478 e. The molecule has 132 valence electrons. The number of hydrogen-bond donors (Lipinski definition) is 2. The molecule has 0 saturated carbocycles. The smallest absolute Gasteiger partial charge is 0.336 e. The van der Waals surface area contributed by atoms with E-state index in [-0.39, 0.29) is 6.04 Å². The van der Waals surface area contributed by atoms with Crippen LogP contribution in [0.2, 0.25) is 0 Å². The first-order valence-corrected chi connectivity index (χ1v) is 8.49. The minimum Gasteiger partial charge on any atom is -0.478 e. The first kappa shape index (κ1) is 18.6. The fourth-order valence-electron chi connectivity index (χ4n) is 3.33. The summed E-state index contributed by atoms with van der Waals surface area (Å²) in [4.78, 5) is 13.5. The van der Waals surface area contributed by atoms with E-state index in [1.807, 2.05) is 32.9 Å². The maximum Gasteiger partial charge on any atom is 0.336 e. The lowest BCUT2D eigenvalue weighted by Crippen LogP contribution is -2.39. The normalized spacial score (nSPS) is 15.6. The van der Waals surface area contributed by atoms with Crippen LogP contribution in [0.15, 0.2) is 36.1 Å². The Labute approximate surface area is 149 Å². The molecule has 1 aromatic carbocycles. The van der Waals surface area contributed by atoms with Crippen LogP contribution >= 0.6 is 0 Å². The zero-order valence-corrected chi connectivity index (χ0v) is 15.1. The van der Waals surface area contributed by atoms with Crippen LogP contribution in [0.1, 0.15) is 41.3 Å². The fraction of sp³-hybridized carbons (Fsp3) is 0.400. The summed E-state index contributed by atoms with van der Waals surface area (Å²) in [5.41, 5.74) is 4.45. The summed E-state index contributed by atoms with van der Waals surface area (Å²) in [6.07, 6.45) is 3.78. The van der Waals surface area contributed by atoms with Crippen molar-refractivity contribution < 1.29 is 9.90 Å². The fourth-order valence-corrected chi connectivity index (χ4v) is 3.33. The Morgan fingerprint density at radius 3 is 2.52 bits per heavy atom. The second-order valence-corrected chi connectivity index (χ2v) is 6.46. The first-order valence-electron chi connectivity index (χ1n) is 8.49. The van der Waals surface area contributed by atoms with Gasteiger partial charge in [-0.05, 0) is 50.8 Å². The molecule has 5 nitrogen and oxygen atoms in total. The van der Waals surface area contributed by atoms with Crippen LogP contribution in [-0.4, -0.2) is 35.1 Å². The standard InChI is InChI=1S/C20H25N3O2/c1-5-19(15(4)12-21)23-8-6-16(7-9-23)22-18-11-17(20(24)25)13(2)10-14(18)3/h5,10-11,16,22H,4,6-9H2,1-3H3,(H,24,25)/b19-5+. The van der Waals surface area contributed by atoms with Crippen LogP contribution in [-0.2, 0) is 0 Å². The maximum atomic E-state index is 11.3. The van der Waals surface area contributed by atoms with Crippen molar-refractivity contribution in [3.63, 3.8) is 0 Å². The average Bonchev–Trinajstić information content (AvgIpc) is 2.58. The van der Waals surface area contributed by atoms with Gasteiger partial charge in [-0.3, -0.25) is 0 Å². The molecule has 1 aliphatic heterocycles. The van der Waals surface area contributed by atoms with Gasteiger partial charge in [0, 0.05) is 30.5 Å². The highest BCUT2D eigenvalue weighted by Crippen LogP contribution is 2.26. The molecule has 2 N–H and O–H groups in total. The Hall–Kier alpha value is -2.74. The van der Waals surface area contributed by atoms with Gasteiger partial charge in [-0.2, -0.15) is 5.26 Å². The lowest BCUT2D eigenvalue weighted by molar-refractivity contribution is 0.0696. The zero-order valence-electron chi connectivity index (χ0n) is 15.1. The van der Waals surface area contributed by atoms with E-state index in [9.17, 15) is 9.90 Å². The molecule has 0 unspecified atom stereocenters. The number of hydrogen-bond acceptors (Lipinski definition) is 4. The molecule has 0 radical (unpaired) electrons. The molecule has 0 bridgehead atoms. The molecular weight excluding hydrogens is 314 g/mol. The van der Waals surface area contributed by atoms with E-state index in [0.29, 0.717) is 11.1 Å². The van der Waals surface area contributed by atoms with E-state index in [0.717, 1.165) is 48.4 Å². The molecule has 0 aliphatic carbocycles. The van der Waals surface area contributed by atoms with Gasteiger partial charge in [-0.15, -0.1) is 0 Å². The van der Waals surface area contributed by atoms with Crippen molar-refractivity contribution in [3.8, 4) is 6.07 Å². The number of allylic oxidation sites excluding steroid dienone is 2. The lowest BCUT2D eigenvalue weighted by Gasteiger charge is -2.35. The van der Waals surface area contributed by atoms with E-state index in [1.165, 1.54) is 0 Å². The highest BCUT2D eigenvalue weighted by atomic mass is 16.4. The third-order valence-corrected chi connectivity index (χ3v) is 4.71. The molecule has 1 saturated heterocycles. The van der Waals surface area contributed by atoms with E-state index >= 15 is 0 Å². The minimum absolute atomic E-state index is 0.285. The van der Waals surface area contributed by atoms with Gasteiger partial charge in [0.05, 0.1) is 11.1 Å². The van der Waals surface area contributed by atoms with Crippen LogP contribution in [0.5, 0.6) is 0 Å². The van der Waals surface area contributed by atoms with Crippen molar-refractivity contribution in [3.05, 3.63) is 52.7 Å². The lowest BCUT2D eigenvalue weighted by atomic mass is 10.00. The molecule has 25 heavy (non-hydrogen) atoms. The number of piperidine rings is 1. The molecule has 5 heteroatoms. The maximum absolute atomic E-state index is 11.3. The Balaban J connectivity index is 2.06. The summed E-state index contributed by atoms with van der Waals surface area (Å²) < 4.78 is 0. The Kier molecular flexibility index (Phi) is 5.87. The number of aryl methyl sites for hydroxylation is 2. The first-order chi connectivity index (χ1) is 11.9. The van der Waals surface area contributed by atoms with Crippen molar-refractivity contribution in [2.75, 3.05) is 18.4 Å². The topological polar surface area (TPSA) is 76.4 Å². The highest BCUT2D eigenvalue weighted by molar-refractivity contribution is 5.91. The molecule has 1 aliphatic rings. The van der Waals surface area contributed by atoms with Gasteiger partial charge in [0.1, 0.15) is 6.07 Å². The second kappa shape index (κ2) is 7.89. The molecule has 0 atom stereocenters. The third-order valence-electron chi connectivity index (χ3n) is 4.71. The average molecular weight is 339 g/mol. The van der Waals surface area contributed by atoms with Crippen LogP contribution in [0.3, 0.4) is 0 Å². The number of nitriles is 1. The number of likely N-dealkylation sites (tertiary alicyclic amines) is 1. The quantitative estimate of drug-likeness (QED) is 0.629. The molecule has 0 amide bonds. The number of rotatable bonds is 5. The number of carboxylic acids is 1. The number of benzene rings is 1. The van der Waals surface area contributed by atoms with Crippen LogP contribution in [0, 0.1) is 25.2 Å². The molecule has 1 fully saturated rings. The van der Waals surface area contributed by atoms with Gasteiger partial charge in [0.15, 0.2) is 0 Å². The summed E-state index contributed by atoms with van der Waals surface area (Å²) in [7, 11) is 0. The van der Waals surface area contributed by atoms with Crippen molar-refractivity contribution >= 4 is 11.7 Å². The number of nitrogens with zero attached hydrogens (tertiary/aromatic N) is 2. The number of aromatic carboxylic acids is 1. The summed E-state index contributed by atoms with van der Waals surface area (Å²) in [5.74, 6) is -0.900. The second-order valence-electron chi connectivity index (χ2n) is 6.46. The molecule has 0 spiro atoms. The number of nitrogens with one attached hydrogen (secondary N) is 1. The summed E-state index contributed by atoms with van der Waals surface area (Å²) in [5, 5.41) is 21.9. The predicted molar refractivity (Wildman–Crippen MR) is 99.6 cm³/mol. The molecular formula is C20H25N3O2. The highest BCUT2D eigenvalue weighted by Gasteiger charge is 2.22.